The molecule has 19 heavy (non-hydrogen) atoms. The van der Waals surface area contributed by atoms with E-state index in [0.717, 1.165) is 35.0 Å². The molecule has 0 aliphatic carbocycles. The molecular weight excluding hydrogens is 266 g/mol. The number of nitrogens with zero attached hydrogens (tertiary/aromatic N) is 4. The summed E-state index contributed by atoms with van der Waals surface area (Å²) in [7, 11) is -2.38. The molecule has 0 amide bonds. The summed E-state index contributed by atoms with van der Waals surface area (Å²) >= 11 is 0. The van der Waals surface area contributed by atoms with Crippen LogP contribution in [0.2, 0.25) is 0 Å². The first-order valence-electron chi connectivity index (χ1n) is 6.09. The minimum absolute atomic E-state index is 0.106. The van der Waals surface area contributed by atoms with Gasteiger partial charge in [0.15, 0.2) is 11.7 Å². The molecule has 0 saturated heterocycles. The van der Waals surface area contributed by atoms with Gasteiger partial charge in [0.2, 0.25) is 0 Å². The van der Waals surface area contributed by atoms with Gasteiger partial charge in [-0.05, 0) is 19.8 Å². The van der Waals surface area contributed by atoms with Crippen molar-refractivity contribution in [3.63, 3.8) is 0 Å². The molecule has 0 unspecified atom stereocenters. The Bertz CT molecular complexity index is 639. The summed E-state index contributed by atoms with van der Waals surface area (Å²) in [5, 5.41) is 0. The number of unbranched alkanes of at least 4 members (excludes halogenated alkanes) is 1. The first-order valence-corrected chi connectivity index (χ1v) is 7.48. The number of anilines is 1. The van der Waals surface area contributed by atoms with Gasteiger partial charge in [-0.3, -0.25) is 0 Å². The predicted molar refractivity (Wildman–Crippen MR) is 73.4 cm³/mol. The van der Waals surface area contributed by atoms with Gasteiger partial charge in [-0.1, -0.05) is 13.3 Å². The lowest BCUT2D eigenvalue weighted by Crippen LogP contribution is -2.36. The number of hydrogen-bond acceptors (Lipinski definition) is 5. The minimum Gasteiger partial charge on any atom is -0.381 e. The maximum absolute atomic E-state index is 11.8. The van der Waals surface area contributed by atoms with Crippen LogP contribution in [0.4, 0.5) is 5.82 Å². The van der Waals surface area contributed by atoms with Crippen LogP contribution in [0.25, 0.3) is 0 Å². The fourth-order valence-electron chi connectivity index (χ4n) is 1.85. The van der Waals surface area contributed by atoms with Crippen molar-refractivity contribution in [1.29, 1.82) is 0 Å². The Morgan fingerprint density at radius 3 is 2.63 bits per heavy atom. The molecule has 1 aliphatic rings. The predicted octanol–water partition coefficient (Wildman–Crippen LogP) is 0.528. The summed E-state index contributed by atoms with van der Waals surface area (Å²) in [5.74, 6) is 0.148. The van der Waals surface area contributed by atoms with Crippen molar-refractivity contribution in [1.82, 2.24) is 9.97 Å². The Morgan fingerprint density at radius 2 is 2.00 bits per heavy atom. The normalized spacial score (nSPS) is 17.0. The molecule has 0 spiro atoms. The lowest BCUT2D eigenvalue weighted by molar-refractivity contribution is 0.594. The number of aryl methyl sites for hydroxylation is 2. The highest BCUT2D eigenvalue weighted by Gasteiger charge is 2.30. The molecule has 0 atom stereocenters. The monoisotopic (exact) mass is 283 g/mol. The van der Waals surface area contributed by atoms with Crippen molar-refractivity contribution in [2.45, 2.75) is 33.1 Å². The van der Waals surface area contributed by atoms with Gasteiger partial charge in [0.1, 0.15) is 5.69 Å². The number of amidine groups is 1. The summed E-state index contributed by atoms with van der Waals surface area (Å²) in [4.78, 5) is 8.74. The molecule has 1 aromatic heterocycles. The van der Waals surface area contributed by atoms with E-state index in [4.69, 9.17) is 5.73 Å². The lowest BCUT2D eigenvalue weighted by atomic mass is 10.1. The molecule has 8 heteroatoms. The third-order valence-electron chi connectivity index (χ3n) is 3.02. The van der Waals surface area contributed by atoms with E-state index in [9.17, 15) is 8.42 Å². The molecule has 0 fully saturated rings. The zero-order chi connectivity index (χ0) is 14.2. The zero-order valence-corrected chi connectivity index (χ0v) is 12.0. The summed E-state index contributed by atoms with van der Waals surface area (Å²) < 4.78 is 28.0. The first-order chi connectivity index (χ1) is 8.86. The molecule has 0 radical (unpaired) electrons. The van der Waals surface area contributed by atoms with Gasteiger partial charge in [0, 0.05) is 7.05 Å². The summed E-state index contributed by atoms with van der Waals surface area (Å²) in [5.41, 5.74) is 7.54. The number of aromatic nitrogens is 2. The highest BCUT2D eigenvalue weighted by atomic mass is 32.2. The Labute approximate surface area is 112 Å². The van der Waals surface area contributed by atoms with Gasteiger partial charge in [-0.25, -0.2) is 14.3 Å². The molecule has 2 rings (SSSR count). The standard InChI is InChI=1S/C11H17N5O2S/c1-4-5-6-8-7(2)13-9-10(12)15-19(17,18)16(3)11(9)14-8/h4-6H2,1-3H3,(H2,12,15). The maximum atomic E-state index is 11.8. The van der Waals surface area contributed by atoms with E-state index in [1.165, 1.54) is 7.05 Å². The van der Waals surface area contributed by atoms with Crippen LogP contribution in [0.5, 0.6) is 0 Å². The molecular formula is C11H17N5O2S. The average Bonchev–Trinajstić information content (AvgIpc) is 2.34. The Morgan fingerprint density at radius 1 is 1.32 bits per heavy atom. The Kier molecular flexibility index (Phi) is 3.44. The molecule has 0 bridgehead atoms. The van der Waals surface area contributed by atoms with Gasteiger partial charge < -0.3 is 5.73 Å². The fraction of sp³-hybridized carbons (Fsp3) is 0.545. The van der Waals surface area contributed by atoms with Crippen molar-refractivity contribution in [2.24, 2.45) is 10.1 Å². The summed E-state index contributed by atoms with van der Waals surface area (Å²) in [6.07, 6.45) is 2.79. The fourth-order valence-corrected chi connectivity index (χ4v) is 2.66. The van der Waals surface area contributed by atoms with Gasteiger partial charge in [-0.15, -0.1) is 4.40 Å². The van der Waals surface area contributed by atoms with E-state index in [2.05, 4.69) is 21.3 Å². The van der Waals surface area contributed by atoms with E-state index >= 15 is 0 Å². The Balaban J connectivity index is 2.56. The average molecular weight is 283 g/mol. The molecule has 104 valence electrons. The second kappa shape index (κ2) is 4.76. The van der Waals surface area contributed by atoms with Crippen LogP contribution in [-0.4, -0.2) is 31.3 Å². The van der Waals surface area contributed by atoms with Crippen LogP contribution in [0.15, 0.2) is 4.40 Å². The quantitative estimate of drug-likeness (QED) is 0.871. The van der Waals surface area contributed by atoms with E-state index in [0.29, 0.717) is 5.69 Å². The van der Waals surface area contributed by atoms with E-state index < -0.39 is 10.2 Å². The maximum Gasteiger partial charge on any atom is 0.347 e. The second-order valence-corrected chi connectivity index (χ2v) is 6.08. The van der Waals surface area contributed by atoms with Gasteiger partial charge >= 0.3 is 10.2 Å². The SMILES string of the molecule is CCCCc1nc2c(nc1C)C(N)=NS(=O)(=O)N2C. The molecule has 0 saturated carbocycles. The van der Waals surface area contributed by atoms with Crippen molar-refractivity contribution in [3.05, 3.63) is 17.1 Å². The van der Waals surface area contributed by atoms with Crippen molar-refractivity contribution in [2.75, 3.05) is 11.4 Å². The smallest absolute Gasteiger partial charge is 0.347 e. The summed E-state index contributed by atoms with van der Waals surface area (Å²) in [6, 6.07) is 0. The molecule has 1 aromatic rings. The van der Waals surface area contributed by atoms with Crippen LogP contribution < -0.4 is 10.0 Å². The number of rotatable bonds is 3. The number of nitrogens with two attached hydrogens (primary N) is 1. The molecule has 7 nitrogen and oxygen atoms in total. The van der Waals surface area contributed by atoms with Crippen molar-refractivity contribution >= 4 is 21.9 Å². The van der Waals surface area contributed by atoms with Crippen molar-refractivity contribution in [3.8, 4) is 0 Å². The molecule has 1 aliphatic heterocycles. The number of fused-ring (bicyclic) bond motifs is 1. The third kappa shape index (κ3) is 2.40. The first kappa shape index (κ1) is 13.7. The second-order valence-electron chi connectivity index (χ2n) is 4.45. The summed E-state index contributed by atoms with van der Waals surface area (Å²) in [6.45, 7) is 3.93. The van der Waals surface area contributed by atoms with Gasteiger partial charge in [0.25, 0.3) is 0 Å². The highest BCUT2D eigenvalue weighted by molar-refractivity contribution is 7.91. The van der Waals surface area contributed by atoms with E-state index in [1.807, 2.05) is 6.92 Å². The van der Waals surface area contributed by atoms with Gasteiger partial charge in [-0.2, -0.15) is 8.42 Å². The zero-order valence-electron chi connectivity index (χ0n) is 11.2. The van der Waals surface area contributed by atoms with E-state index in [1.54, 1.807) is 0 Å². The van der Waals surface area contributed by atoms with Crippen LogP contribution in [0.1, 0.15) is 36.8 Å². The largest absolute Gasteiger partial charge is 0.381 e. The van der Waals surface area contributed by atoms with Gasteiger partial charge in [0.05, 0.1) is 11.4 Å². The topological polar surface area (TPSA) is 102 Å². The lowest BCUT2D eigenvalue weighted by Gasteiger charge is -2.23. The van der Waals surface area contributed by atoms with Crippen LogP contribution in [-0.2, 0) is 16.6 Å². The molecule has 2 heterocycles. The third-order valence-corrected chi connectivity index (χ3v) is 4.31. The minimum atomic E-state index is -3.78. The van der Waals surface area contributed by atoms with Crippen LogP contribution in [0, 0.1) is 6.92 Å². The van der Waals surface area contributed by atoms with Crippen LogP contribution in [0.3, 0.4) is 0 Å². The van der Waals surface area contributed by atoms with Crippen molar-refractivity contribution < 1.29 is 8.42 Å². The Hall–Kier alpha value is -1.70. The molecule has 2 N–H and O–H groups in total. The highest BCUT2D eigenvalue weighted by Crippen LogP contribution is 2.25. The van der Waals surface area contributed by atoms with Crippen LogP contribution >= 0.6 is 0 Å². The van der Waals surface area contributed by atoms with E-state index in [-0.39, 0.29) is 11.7 Å². The molecule has 0 aromatic carbocycles. The number of hydrogen-bond donors (Lipinski definition) is 1.